The minimum absolute atomic E-state index is 0. The molecule has 0 rings (SSSR count). The second-order valence-corrected chi connectivity index (χ2v) is 1.27. The van der Waals surface area contributed by atoms with E-state index in [1.54, 1.807) is 0 Å². The standard InChI is InChI=1S/CH4O2S.W/c1-4(2)3;/h1H3,(H,2,3);. The summed E-state index contributed by atoms with van der Waals surface area (Å²) in [6.07, 6.45) is 1.19. The number of rotatable bonds is 0. The molecular weight excluding hydrogens is 260 g/mol. The molecule has 0 aromatic rings. The predicted molar refractivity (Wildman–Crippen MR) is 16.7 cm³/mol. The molecule has 2 nitrogen and oxygen atoms in total. The molecule has 0 aliphatic carbocycles. The van der Waals surface area contributed by atoms with Gasteiger partial charge in [0, 0.05) is 27.3 Å². The van der Waals surface area contributed by atoms with Gasteiger partial charge in [0.15, 0.2) is 0 Å². The Kier molecular flexibility index (Phi) is 8.88. The predicted octanol–water partition coefficient (Wildman–Crippen LogP) is -0.165. The Labute approximate surface area is 47.5 Å². The van der Waals surface area contributed by atoms with Gasteiger partial charge in [-0.1, -0.05) is 0 Å². The molecule has 0 heterocycles. The second kappa shape index (κ2) is 4.80. The summed E-state index contributed by atoms with van der Waals surface area (Å²) in [6, 6.07) is 0. The van der Waals surface area contributed by atoms with Gasteiger partial charge in [-0.2, -0.15) is 0 Å². The van der Waals surface area contributed by atoms with Crippen LogP contribution in [-0.2, 0) is 32.1 Å². The van der Waals surface area contributed by atoms with Crippen molar-refractivity contribution in [2.45, 2.75) is 0 Å². The zero-order valence-electron chi connectivity index (χ0n) is 2.67. The van der Waals surface area contributed by atoms with Crippen LogP contribution in [0.4, 0.5) is 0 Å². The van der Waals surface area contributed by atoms with Gasteiger partial charge in [-0.15, -0.1) is 0 Å². The maximum absolute atomic E-state index is 9.11. The summed E-state index contributed by atoms with van der Waals surface area (Å²) in [4.78, 5) is 0. The van der Waals surface area contributed by atoms with Crippen LogP contribution in [0.25, 0.3) is 0 Å². The maximum atomic E-state index is 9.11. The van der Waals surface area contributed by atoms with E-state index in [-0.39, 0.29) is 21.1 Å². The van der Waals surface area contributed by atoms with Gasteiger partial charge in [-0.05, 0) is 0 Å². The first-order valence-corrected chi connectivity index (χ1v) is 2.27. The van der Waals surface area contributed by atoms with Crippen LogP contribution >= 0.6 is 0 Å². The van der Waals surface area contributed by atoms with Crippen molar-refractivity contribution in [3.8, 4) is 0 Å². The molecule has 1 N–H and O–H groups in total. The van der Waals surface area contributed by atoms with E-state index in [9.17, 15) is 0 Å². The second-order valence-electron chi connectivity index (χ2n) is 0.424. The van der Waals surface area contributed by atoms with Crippen LogP contribution in [0.5, 0.6) is 0 Å². The third kappa shape index (κ3) is 59.0. The summed E-state index contributed by atoms with van der Waals surface area (Å²) in [5.74, 6) is 0. The minimum Gasteiger partial charge on any atom is -0.306 e. The summed E-state index contributed by atoms with van der Waals surface area (Å²) in [6.45, 7) is 0. The molecular formula is CH4O2SW. The molecule has 0 aliphatic rings. The van der Waals surface area contributed by atoms with Crippen molar-refractivity contribution in [2.24, 2.45) is 0 Å². The van der Waals surface area contributed by atoms with Crippen LogP contribution in [0.3, 0.4) is 0 Å². The van der Waals surface area contributed by atoms with Crippen LogP contribution in [0.1, 0.15) is 0 Å². The molecule has 0 fully saturated rings. The van der Waals surface area contributed by atoms with Crippen molar-refractivity contribution in [3.63, 3.8) is 0 Å². The van der Waals surface area contributed by atoms with Crippen molar-refractivity contribution in [3.05, 3.63) is 0 Å². The van der Waals surface area contributed by atoms with Gasteiger partial charge < -0.3 is 4.55 Å². The maximum Gasteiger partial charge on any atom is 0.149 e. The average Bonchev–Trinajstić information content (AvgIpc) is 0.811. The first-order valence-electron chi connectivity index (χ1n) is 0.757. The fourth-order valence-corrected chi connectivity index (χ4v) is 0. The molecule has 0 bridgehead atoms. The molecule has 0 spiro atoms. The van der Waals surface area contributed by atoms with Crippen LogP contribution < -0.4 is 0 Å². The molecule has 0 aromatic heterocycles. The van der Waals surface area contributed by atoms with Crippen LogP contribution in [-0.4, -0.2) is 15.0 Å². The Morgan fingerprint density at radius 2 is 1.80 bits per heavy atom. The zero-order valence-corrected chi connectivity index (χ0v) is 6.42. The van der Waals surface area contributed by atoms with Gasteiger partial charge in [0.25, 0.3) is 0 Å². The average molecular weight is 264 g/mol. The summed E-state index contributed by atoms with van der Waals surface area (Å²) in [5, 5.41) is 0. The Hall–Kier alpha value is 0.798. The molecule has 0 amide bonds. The topological polar surface area (TPSA) is 37.3 Å². The monoisotopic (exact) mass is 264 g/mol. The van der Waals surface area contributed by atoms with Gasteiger partial charge in [-0.25, -0.2) is 4.21 Å². The minimum atomic E-state index is -1.61. The molecule has 5 heavy (non-hydrogen) atoms. The van der Waals surface area contributed by atoms with Crippen LogP contribution in [0.2, 0.25) is 0 Å². The van der Waals surface area contributed by atoms with E-state index in [0.717, 1.165) is 0 Å². The Balaban J connectivity index is 0. The molecule has 32 valence electrons. The van der Waals surface area contributed by atoms with Gasteiger partial charge in [-0.3, -0.25) is 0 Å². The first-order chi connectivity index (χ1) is 1.73. The molecule has 4 heteroatoms. The van der Waals surface area contributed by atoms with E-state index in [1.807, 2.05) is 0 Å². The Bertz CT molecular complexity index is 32.6. The van der Waals surface area contributed by atoms with E-state index in [2.05, 4.69) is 0 Å². The van der Waals surface area contributed by atoms with Gasteiger partial charge in [0.05, 0.1) is 0 Å². The fourth-order valence-electron chi connectivity index (χ4n) is 0. The summed E-state index contributed by atoms with van der Waals surface area (Å²) < 4.78 is 16.6. The largest absolute Gasteiger partial charge is 0.306 e. The van der Waals surface area contributed by atoms with Gasteiger partial charge >= 0.3 is 0 Å². The van der Waals surface area contributed by atoms with E-state index < -0.39 is 11.1 Å². The summed E-state index contributed by atoms with van der Waals surface area (Å²) >= 11 is -1.61. The van der Waals surface area contributed by atoms with E-state index >= 15 is 0 Å². The number of hydrogen-bond acceptors (Lipinski definition) is 1. The number of hydrogen-bond donors (Lipinski definition) is 1. The zero-order chi connectivity index (χ0) is 3.58. The SMILES string of the molecule is CS(=O)O.[W]. The molecule has 0 saturated heterocycles. The van der Waals surface area contributed by atoms with Crippen LogP contribution in [0.15, 0.2) is 0 Å². The molecule has 0 aliphatic heterocycles. The van der Waals surface area contributed by atoms with Crippen molar-refractivity contribution in [1.82, 2.24) is 0 Å². The molecule has 1 unspecified atom stereocenters. The van der Waals surface area contributed by atoms with Crippen molar-refractivity contribution in [1.29, 1.82) is 0 Å². The van der Waals surface area contributed by atoms with Gasteiger partial charge in [0.1, 0.15) is 11.1 Å². The Morgan fingerprint density at radius 1 is 1.80 bits per heavy atom. The van der Waals surface area contributed by atoms with Gasteiger partial charge in [0.2, 0.25) is 0 Å². The van der Waals surface area contributed by atoms with Crippen LogP contribution in [0, 0.1) is 0 Å². The third-order valence-corrected chi connectivity index (χ3v) is 0. The Morgan fingerprint density at radius 3 is 1.80 bits per heavy atom. The molecule has 1 atom stereocenters. The molecule has 0 aromatic carbocycles. The van der Waals surface area contributed by atoms with Crippen molar-refractivity contribution < 1.29 is 29.8 Å². The summed E-state index contributed by atoms with van der Waals surface area (Å²) in [5.41, 5.74) is 0. The fraction of sp³-hybridized carbons (Fsp3) is 1.00. The summed E-state index contributed by atoms with van der Waals surface area (Å²) in [7, 11) is 0. The molecule has 0 radical (unpaired) electrons. The normalized spacial score (nSPS) is 12.4. The van der Waals surface area contributed by atoms with E-state index in [0.29, 0.717) is 0 Å². The quantitative estimate of drug-likeness (QED) is 0.617. The smallest absolute Gasteiger partial charge is 0.149 e. The molecule has 0 saturated carbocycles. The van der Waals surface area contributed by atoms with Crippen molar-refractivity contribution in [2.75, 3.05) is 6.26 Å². The van der Waals surface area contributed by atoms with E-state index in [1.165, 1.54) is 6.26 Å². The third-order valence-electron chi connectivity index (χ3n) is 0. The first kappa shape index (κ1) is 9.25. The van der Waals surface area contributed by atoms with Crippen molar-refractivity contribution >= 4 is 11.1 Å². The van der Waals surface area contributed by atoms with E-state index in [4.69, 9.17) is 8.76 Å².